The Morgan fingerprint density at radius 2 is 1.62 bits per heavy atom. The second-order valence-corrected chi connectivity index (χ2v) is 5.56. The van der Waals surface area contributed by atoms with Crippen molar-refractivity contribution in [3.05, 3.63) is 77.7 Å². The third-order valence-electron chi connectivity index (χ3n) is 3.91. The van der Waals surface area contributed by atoms with Gasteiger partial charge in [-0.3, -0.25) is 0 Å². The maximum absolute atomic E-state index is 4.74. The molecule has 2 heterocycles. The van der Waals surface area contributed by atoms with Gasteiger partial charge in [-0.2, -0.15) is 5.10 Å². The lowest BCUT2D eigenvalue weighted by molar-refractivity contribution is 0.679. The molecular weight excluding hydrogens is 300 g/mol. The van der Waals surface area contributed by atoms with Gasteiger partial charge in [0.15, 0.2) is 0 Å². The average Bonchev–Trinajstić information content (AvgIpc) is 3.14. The maximum Gasteiger partial charge on any atom is 0.246 e. The van der Waals surface area contributed by atoms with Crippen LogP contribution in [0.2, 0.25) is 0 Å². The smallest absolute Gasteiger partial charge is 0.246 e. The summed E-state index contributed by atoms with van der Waals surface area (Å²) in [4.78, 5) is 4.74. The molecular formula is C18H16N6. The van der Waals surface area contributed by atoms with E-state index in [-0.39, 0.29) is 0 Å². The number of rotatable bonds is 2. The van der Waals surface area contributed by atoms with Gasteiger partial charge < -0.3 is 4.57 Å². The normalized spacial score (nSPS) is 15.7. The summed E-state index contributed by atoms with van der Waals surface area (Å²) in [7, 11) is 3.73. The van der Waals surface area contributed by atoms with E-state index < -0.39 is 0 Å². The van der Waals surface area contributed by atoms with E-state index in [1.54, 1.807) is 11.0 Å². The van der Waals surface area contributed by atoms with Crippen molar-refractivity contribution in [1.82, 2.24) is 14.3 Å². The van der Waals surface area contributed by atoms with Crippen LogP contribution < -0.4 is 5.62 Å². The zero-order valence-corrected chi connectivity index (χ0v) is 13.5. The molecule has 1 aromatic heterocycles. The molecule has 0 aliphatic carbocycles. The Hall–Kier alpha value is -3.28. The first-order valence-corrected chi connectivity index (χ1v) is 7.64. The highest BCUT2D eigenvalue weighted by molar-refractivity contribution is 6.56. The summed E-state index contributed by atoms with van der Waals surface area (Å²) in [6.07, 6.45) is 1.70. The molecule has 0 saturated carbocycles. The van der Waals surface area contributed by atoms with Crippen molar-refractivity contribution in [3.63, 3.8) is 0 Å². The van der Waals surface area contributed by atoms with Crippen LogP contribution in [0.25, 0.3) is 0 Å². The molecule has 0 atom stereocenters. The SMILES string of the molecule is Cn1cnn(C)/c1=N\N=C1/C(c2ccccc2)=Nc2ccccc21. The number of benzene rings is 2. The zero-order chi connectivity index (χ0) is 16.5. The summed E-state index contributed by atoms with van der Waals surface area (Å²) in [6, 6.07) is 18.0. The minimum atomic E-state index is 0.666. The number of fused-ring (bicyclic) bond motifs is 1. The van der Waals surface area contributed by atoms with E-state index in [4.69, 9.17) is 4.99 Å². The quantitative estimate of drug-likeness (QED) is 0.669. The lowest BCUT2D eigenvalue weighted by atomic mass is 10.0. The summed E-state index contributed by atoms with van der Waals surface area (Å²) in [5.41, 5.74) is 5.21. The summed E-state index contributed by atoms with van der Waals surface area (Å²) in [5.74, 6) is 0. The fourth-order valence-corrected chi connectivity index (χ4v) is 2.69. The fraction of sp³-hybridized carbons (Fsp3) is 0.111. The van der Waals surface area contributed by atoms with Gasteiger partial charge >= 0.3 is 0 Å². The van der Waals surface area contributed by atoms with Crippen molar-refractivity contribution in [2.45, 2.75) is 0 Å². The molecule has 0 unspecified atom stereocenters. The van der Waals surface area contributed by atoms with Gasteiger partial charge in [0, 0.05) is 25.2 Å². The third-order valence-corrected chi connectivity index (χ3v) is 3.91. The number of aliphatic imine (C=N–C) groups is 1. The summed E-state index contributed by atoms with van der Waals surface area (Å²) >= 11 is 0. The topological polar surface area (TPSA) is 59.8 Å². The van der Waals surface area contributed by atoms with Gasteiger partial charge in [-0.05, 0) is 6.07 Å². The predicted octanol–water partition coefficient (Wildman–Crippen LogP) is 2.20. The molecule has 4 rings (SSSR count). The van der Waals surface area contributed by atoms with E-state index in [2.05, 4.69) is 15.3 Å². The van der Waals surface area contributed by atoms with Crippen LogP contribution in [0.15, 0.2) is 76.1 Å². The van der Waals surface area contributed by atoms with Crippen molar-refractivity contribution in [2.24, 2.45) is 29.3 Å². The van der Waals surface area contributed by atoms with E-state index in [1.165, 1.54) is 0 Å². The molecule has 0 saturated heterocycles. The lowest BCUT2D eigenvalue weighted by Gasteiger charge is -2.02. The van der Waals surface area contributed by atoms with Crippen molar-refractivity contribution in [2.75, 3.05) is 0 Å². The molecule has 0 radical (unpaired) electrons. The van der Waals surface area contributed by atoms with E-state index in [1.807, 2.05) is 73.3 Å². The van der Waals surface area contributed by atoms with Crippen LogP contribution in [0.1, 0.15) is 11.1 Å². The largest absolute Gasteiger partial charge is 0.302 e. The van der Waals surface area contributed by atoms with Crippen LogP contribution in [-0.2, 0) is 14.1 Å². The molecule has 24 heavy (non-hydrogen) atoms. The molecule has 1 aliphatic rings. The number of hydrogen-bond acceptors (Lipinski definition) is 4. The van der Waals surface area contributed by atoms with Gasteiger partial charge in [0.1, 0.15) is 12.0 Å². The first kappa shape index (κ1) is 14.3. The minimum absolute atomic E-state index is 0.666. The highest BCUT2D eigenvalue weighted by atomic mass is 15.4. The summed E-state index contributed by atoms with van der Waals surface area (Å²) < 4.78 is 3.51. The van der Waals surface area contributed by atoms with Gasteiger partial charge in [0.05, 0.1) is 11.4 Å². The zero-order valence-electron chi connectivity index (χ0n) is 13.5. The second kappa shape index (κ2) is 5.73. The molecule has 6 heteroatoms. The summed E-state index contributed by atoms with van der Waals surface area (Å²) in [5, 5.41) is 13.1. The van der Waals surface area contributed by atoms with Crippen LogP contribution >= 0.6 is 0 Å². The predicted molar refractivity (Wildman–Crippen MR) is 93.4 cm³/mol. The van der Waals surface area contributed by atoms with Crippen LogP contribution in [0.3, 0.4) is 0 Å². The highest BCUT2D eigenvalue weighted by Gasteiger charge is 2.23. The molecule has 0 bridgehead atoms. The Bertz CT molecular complexity index is 998. The van der Waals surface area contributed by atoms with Crippen molar-refractivity contribution in [3.8, 4) is 0 Å². The first-order valence-electron chi connectivity index (χ1n) is 7.64. The van der Waals surface area contributed by atoms with Crippen molar-refractivity contribution >= 4 is 17.1 Å². The van der Waals surface area contributed by atoms with E-state index in [9.17, 15) is 0 Å². The first-order chi connectivity index (χ1) is 11.7. The Balaban J connectivity index is 1.89. The minimum Gasteiger partial charge on any atom is -0.302 e. The van der Waals surface area contributed by atoms with Crippen LogP contribution in [0, 0.1) is 0 Å². The number of nitrogens with zero attached hydrogens (tertiary/aromatic N) is 6. The Kier molecular flexibility index (Phi) is 3.42. The second-order valence-electron chi connectivity index (χ2n) is 5.56. The van der Waals surface area contributed by atoms with Crippen molar-refractivity contribution < 1.29 is 0 Å². The maximum atomic E-state index is 4.74. The van der Waals surface area contributed by atoms with Gasteiger partial charge in [0.2, 0.25) is 5.62 Å². The van der Waals surface area contributed by atoms with Crippen LogP contribution in [-0.4, -0.2) is 25.8 Å². The van der Waals surface area contributed by atoms with Gasteiger partial charge in [0.25, 0.3) is 0 Å². The van der Waals surface area contributed by atoms with Crippen LogP contribution in [0.5, 0.6) is 0 Å². The standard InChI is InChI=1S/C18H16N6/c1-23-12-19-24(2)18(23)22-21-17-14-10-6-7-11-15(14)20-16(17)13-8-4-3-5-9-13/h3-12H,1-2H3/b21-17-,22-18-. The van der Waals surface area contributed by atoms with Crippen LogP contribution in [0.4, 0.5) is 5.69 Å². The van der Waals surface area contributed by atoms with E-state index in [0.29, 0.717) is 5.62 Å². The van der Waals surface area contributed by atoms with Crippen molar-refractivity contribution in [1.29, 1.82) is 0 Å². The molecule has 3 aromatic rings. The third kappa shape index (κ3) is 2.38. The Morgan fingerprint density at radius 3 is 2.38 bits per heavy atom. The number of aromatic nitrogens is 3. The Morgan fingerprint density at radius 1 is 0.875 bits per heavy atom. The molecule has 1 aliphatic heterocycles. The molecule has 6 nitrogen and oxygen atoms in total. The molecule has 0 amide bonds. The lowest BCUT2D eigenvalue weighted by Crippen LogP contribution is -2.22. The van der Waals surface area contributed by atoms with Gasteiger partial charge in [-0.1, -0.05) is 48.5 Å². The monoisotopic (exact) mass is 316 g/mol. The van der Waals surface area contributed by atoms with E-state index >= 15 is 0 Å². The molecule has 2 aromatic carbocycles. The van der Waals surface area contributed by atoms with Gasteiger partial charge in [-0.25, -0.2) is 9.67 Å². The summed E-state index contributed by atoms with van der Waals surface area (Å²) in [6.45, 7) is 0. The van der Waals surface area contributed by atoms with Gasteiger partial charge in [-0.15, -0.1) is 10.2 Å². The molecule has 0 N–H and O–H groups in total. The average molecular weight is 316 g/mol. The molecule has 0 fully saturated rings. The van der Waals surface area contributed by atoms with E-state index in [0.717, 1.165) is 28.2 Å². The molecule has 118 valence electrons. The number of hydrogen-bond donors (Lipinski definition) is 0. The molecule has 0 spiro atoms. The Labute approximate surface area is 139 Å². The fourth-order valence-electron chi connectivity index (χ4n) is 2.69. The number of para-hydroxylation sites is 1. The number of aryl methyl sites for hydroxylation is 2. The highest BCUT2D eigenvalue weighted by Crippen LogP contribution is 2.29.